The van der Waals surface area contributed by atoms with E-state index in [0.717, 1.165) is 54.4 Å². The van der Waals surface area contributed by atoms with Crippen LogP contribution in [0.25, 0.3) is 10.9 Å². The lowest BCUT2D eigenvalue weighted by atomic mass is 9.96. The first kappa shape index (κ1) is 19.6. The Labute approximate surface area is 172 Å². The highest BCUT2D eigenvalue weighted by Crippen LogP contribution is 2.28. The van der Waals surface area contributed by atoms with E-state index in [-0.39, 0.29) is 12.0 Å². The number of pyridine rings is 1. The van der Waals surface area contributed by atoms with Crippen LogP contribution in [-0.2, 0) is 16.1 Å². The third kappa shape index (κ3) is 5.64. The molecule has 2 aromatic carbocycles. The summed E-state index contributed by atoms with van der Waals surface area (Å²) in [6.45, 7) is 0.550. The number of hydrogen-bond donors (Lipinski definition) is 1. The molecule has 0 aliphatic heterocycles. The number of para-hydroxylation sites is 2. The Morgan fingerprint density at radius 3 is 2.66 bits per heavy atom. The summed E-state index contributed by atoms with van der Waals surface area (Å²) in [5, 5.41) is 4.16. The van der Waals surface area contributed by atoms with Crippen molar-refractivity contribution in [3.63, 3.8) is 0 Å². The Kier molecular flexibility index (Phi) is 6.52. The van der Waals surface area contributed by atoms with Gasteiger partial charge in [-0.05, 0) is 55.9 Å². The zero-order valence-corrected chi connectivity index (χ0v) is 16.7. The van der Waals surface area contributed by atoms with Gasteiger partial charge in [0.2, 0.25) is 5.91 Å². The molecule has 0 bridgehead atoms. The monoisotopic (exact) mass is 388 g/mol. The minimum atomic E-state index is 0.112. The van der Waals surface area contributed by atoms with Crippen LogP contribution in [0.1, 0.15) is 44.2 Å². The quantitative estimate of drug-likeness (QED) is 0.549. The molecule has 150 valence electrons. The third-order valence-electron chi connectivity index (χ3n) is 5.69. The van der Waals surface area contributed by atoms with Crippen molar-refractivity contribution in [2.45, 2.75) is 51.2 Å². The Morgan fingerprint density at radius 2 is 1.76 bits per heavy atom. The number of amides is 1. The lowest BCUT2D eigenvalue weighted by molar-refractivity contribution is -0.117. The van der Waals surface area contributed by atoms with Crippen molar-refractivity contribution in [1.29, 1.82) is 0 Å². The maximum atomic E-state index is 12.3. The Morgan fingerprint density at radius 1 is 0.931 bits per heavy atom. The van der Waals surface area contributed by atoms with Gasteiger partial charge in [0, 0.05) is 17.5 Å². The van der Waals surface area contributed by atoms with Crippen molar-refractivity contribution in [2.75, 3.05) is 5.32 Å². The van der Waals surface area contributed by atoms with Crippen molar-refractivity contribution in [3.8, 4) is 0 Å². The molecule has 3 aromatic rings. The van der Waals surface area contributed by atoms with Gasteiger partial charge in [-0.1, -0.05) is 48.9 Å². The van der Waals surface area contributed by atoms with Gasteiger partial charge in [-0.15, -0.1) is 0 Å². The predicted octanol–water partition coefficient (Wildman–Crippen LogP) is 5.73. The van der Waals surface area contributed by atoms with Crippen LogP contribution < -0.4 is 5.32 Å². The van der Waals surface area contributed by atoms with Gasteiger partial charge >= 0.3 is 0 Å². The molecule has 1 saturated carbocycles. The molecule has 4 rings (SSSR count). The molecule has 0 saturated heterocycles. The number of anilines is 1. The number of hydrogen-bond acceptors (Lipinski definition) is 3. The van der Waals surface area contributed by atoms with E-state index in [4.69, 9.17) is 9.72 Å². The first-order valence-corrected chi connectivity index (χ1v) is 10.6. The van der Waals surface area contributed by atoms with Gasteiger partial charge in [0.15, 0.2) is 0 Å². The zero-order valence-electron chi connectivity index (χ0n) is 16.7. The Hall–Kier alpha value is -2.72. The van der Waals surface area contributed by atoms with E-state index < -0.39 is 0 Å². The Balaban J connectivity index is 1.24. The molecule has 4 nitrogen and oxygen atoms in total. The van der Waals surface area contributed by atoms with E-state index in [2.05, 4.69) is 23.5 Å². The van der Waals surface area contributed by atoms with Crippen molar-refractivity contribution >= 4 is 22.5 Å². The van der Waals surface area contributed by atoms with Crippen molar-refractivity contribution < 1.29 is 9.53 Å². The molecule has 1 aromatic heterocycles. The molecule has 1 aliphatic carbocycles. The molecule has 1 N–H and O–H groups in total. The molecule has 1 heterocycles. The lowest BCUT2D eigenvalue weighted by Crippen LogP contribution is -2.17. The first-order chi connectivity index (χ1) is 14.3. The van der Waals surface area contributed by atoms with Crippen LogP contribution in [0.2, 0.25) is 0 Å². The van der Waals surface area contributed by atoms with E-state index in [1.165, 1.54) is 0 Å². The number of benzene rings is 2. The van der Waals surface area contributed by atoms with Gasteiger partial charge in [0.05, 0.1) is 23.9 Å². The number of rotatable bonds is 6. The number of carbonyl (C=O) groups is 1. The molecule has 1 aliphatic rings. The standard InChI is InChI=1S/C25H28N2O2/c28-25(27-21-9-2-1-3-10-21)17-19-7-6-11-23(16-13-19)29-18-22-15-14-20-8-4-5-12-24(20)26-22/h1-5,8-10,12,14-15,19,23H,6-7,11,13,16-18H2,(H,27,28). The largest absolute Gasteiger partial charge is 0.372 e. The number of nitrogens with one attached hydrogen (secondary N) is 1. The van der Waals surface area contributed by atoms with Crippen molar-refractivity contribution in [3.05, 3.63) is 72.4 Å². The highest BCUT2D eigenvalue weighted by molar-refractivity contribution is 5.90. The summed E-state index contributed by atoms with van der Waals surface area (Å²) >= 11 is 0. The SMILES string of the molecule is O=C(CC1CCCC(OCc2ccc3ccccc3n2)CC1)Nc1ccccc1. The third-order valence-corrected chi connectivity index (χ3v) is 5.69. The molecule has 0 radical (unpaired) electrons. The number of fused-ring (bicyclic) bond motifs is 1. The molecule has 2 atom stereocenters. The summed E-state index contributed by atoms with van der Waals surface area (Å²) < 4.78 is 6.18. The highest BCUT2D eigenvalue weighted by atomic mass is 16.5. The second-order valence-corrected chi connectivity index (χ2v) is 7.92. The average Bonchev–Trinajstić information content (AvgIpc) is 2.98. The van der Waals surface area contributed by atoms with Gasteiger partial charge < -0.3 is 10.1 Å². The van der Waals surface area contributed by atoms with Gasteiger partial charge in [0.1, 0.15) is 0 Å². The minimum Gasteiger partial charge on any atom is -0.372 e. The fraction of sp³-hybridized carbons (Fsp3) is 0.360. The summed E-state index contributed by atoms with van der Waals surface area (Å²) in [6.07, 6.45) is 6.16. The van der Waals surface area contributed by atoms with Crippen LogP contribution >= 0.6 is 0 Å². The van der Waals surface area contributed by atoms with Crippen LogP contribution in [0.5, 0.6) is 0 Å². The predicted molar refractivity (Wildman–Crippen MR) is 117 cm³/mol. The van der Waals surface area contributed by atoms with E-state index in [9.17, 15) is 4.79 Å². The summed E-state index contributed by atoms with van der Waals surface area (Å²) in [5.41, 5.74) is 2.86. The summed E-state index contributed by atoms with van der Waals surface area (Å²) in [7, 11) is 0. The van der Waals surface area contributed by atoms with Crippen molar-refractivity contribution in [1.82, 2.24) is 4.98 Å². The van der Waals surface area contributed by atoms with Crippen LogP contribution in [0, 0.1) is 5.92 Å². The second kappa shape index (κ2) is 9.66. The van der Waals surface area contributed by atoms with Gasteiger partial charge in [-0.25, -0.2) is 0 Å². The maximum Gasteiger partial charge on any atom is 0.224 e. The normalized spacial score (nSPS) is 19.6. The smallest absolute Gasteiger partial charge is 0.224 e. The number of ether oxygens (including phenoxy) is 1. The number of nitrogens with zero attached hydrogens (tertiary/aromatic N) is 1. The topological polar surface area (TPSA) is 51.2 Å². The van der Waals surface area contributed by atoms with E-state index in [1.54, 1.807) is 0 Å². The minimum absolute atomic E-state index is 0.112. The molecule has 4 heteroatoms. The fourth-order valence-corrected chi connectivity index (χ4v) is 4.10. The first-order valence-electron chi connectivity index (χ1n) is 10.6. The summed E-state index contributed by atoms with van der Waals surface area (Å²) in [6, 6.07) is 22.0. The number of carbonyl (C=O) groups excluding carboxylic acids is 1. The van der Waals surface area contributed by atoms with E-state index in [0.29, 0.717) is 18.9 Å². The van der Waals surface area contributed by atoms with Crippen LogP contribution in [0.15, 0.2) is 66.7 Å². The fourth-order valence-electron chi connectivity index (χ4n) is 4.10. The number of aromatic nitrogens is 1. The molecule has 2 unspecified atom stereocenters. The van der Waals surface area contributed by atoms with Crippen molar-refractivity contribution in [2.24, 2.45) is 5.92 Å². The highest BCUT2D eigenvalue weighted by Gasteiger charge is 2.21. The molecule has 1 amide bonds. The zero-order chi connectivity index (χ0) is 19.9. The molecule has 1 fully saturated rings. The Bertz CT molecular complexity index is 942. The van der Waals surface area contributed by atoms with Gasteiger partial charge in [-0.2, -0.15) is 0 Å². The van der Waals surface area contributed by atoms with E-state index >= 15 is 0 Å². The van der Waals surface area contributed by atoms with Gasteiger partial charge in [0.25, 0.3) is 0 Å². The summed E-state index contributed by atoms with van der Waals surface area (Å²) in [5.74, 6) is 0.548. The lowest BCUT2D eigenvalue weighted by Gasteiger charge is -2.16. The van der Waals surface area contributed by atoms with Crippen LogP contribution in [0.3, 0.4) is 0 Å². The average molecular weight is 389 g/mol. The molecule has 0 spiro atoms. The maximum absolute atomic E-state index is 12.3. The summed E-state index contributed by atoms with van der Waals surface area (Å²) in [4.78, 5) is 17.0. The van der Waals surface area contributed by atoms with Gasteiger partial charge in [-0.3, -0.25) is 9.78 Å². The molecule has 29 heavy (non-hydrogen) atoms. The van der Waals surface area contributed by atoms with Crippen LogP contribution in [-0.4, -0.2) is 17.0 Å². The molecular weight excluding hydrogens is 360 g/mol. The second-order valence-electron chi connectivity index (χ2n) is 7.92. The molecular formula is C25H28N2O2. The van der Waals surface area contributed by atoms with E-state index in [1.807, 2.05) is 48.5 Å². The van der Waals surface area contributed by atoms with Crippen LogP contribution in [0.4, 0.5) is 5.69 Å².